The molecule has 1 aliphatic rings. The van der Waals surface area contributed by atoms with Crippen molar-refractivity contribution in [2.45, 2.75) is 25.0 Å². The minimum absolute atomic E-state index is 0.168. The van der Waals surface area contributed by atoms with E-state index in [1.165, 1.54) is 0 Å². The van der Waals surface area contributed by atoms with Gasteiger partial charge in [0, 0.05) is 6.20 Å². The quantitative estimate of drug-likeness (QED) is 0.701. The third kappa shape index (κ3) is 1.46. The minimum Gasteiger partial charge on any atom is -0.391 e. The maximum atomic E-state index is 9.93. The van der Waals surface area contributed by atoms with Crippen molar-refractivity contribution in [3.05, 3.63) is 24.2 Å². The van der Waals surface area contributed by atoms with Gasteiger partial charge in [-0.15, -0.1) is 10.2 Å². The first-order valence-electron chi connectivity index (χ1n) is 5.44. The summed E-state index contributed by atoms with van der Waals surface area (Å²) in [5, 5.41) is 25.5. The van der Waals surface area contributed by atoms with E-state index in [0.717, 1.165) is 19.4 Å². The number of aromatic nitrogens is 4. The molecule has 0 amide bonds. The number of piperidine rings is 1. The third-order valence-corrected chi connectivity index (χ3v) is 2.91. The van der Waals surface area contributed by atoms with E-state index in [2.05, 4.69) is 20.6 Å². The number of hydrogen-bond donors (Lipinski definition) is 2. The maximum absolute atomic E-state index is 9.93. The Hall–Kier alpha value is -1.53. The zero-order valence-electron chi connectivity index (χ0n) is 8.74. The summed E-state index contributed by atoms with van der Waals surface area (Å²) >= 11 is 0. The van der Waals surface area contributed by atoms with Gasteiger partial charge in [-0.2, -0.15) is 9.61 Å². The normalized spacial score (nSPS) is 26.1. The molecule has 6 nitrogen and oxygen atoms in total. The second-order valence-electron chi connectivity index (χ2n) is 3.99. The second-order valence-corrected chi connectivity index (χ2v) is 3.99. The number of aliphatic hydroxyl groups excluding tert-OH is 1. The first kappa shape index (κ1) is 9.68. The van der Waals surface area contributed by atoms with Crippen molar-refractivity contribution in [1.29, 1.82) is 0 Å². The number of aliphatic hydroxyl groups is 1. The largest absolute Gasteiger partial charge is 0.391 e. The molecule has 2 aromatic heterocycles. The van der Waals surface area contributed by atoms with Crippen LogP contribution in [-0.4, -0.2) is 37.6 Å². The van der Waals surface area contributed by atoms with Gasteiger partial charge in [-0.1, -0.05) is 0 Å². The molecule has 1 aliphatic heterocycles. The molecular weight excluding hydrogens is 206 g/mol. The molecule has 0 aromatic carbocycles. The Morgan fingerprint density at radius 3 is 3.25 bits per heavy atom. The minimum atomic E-state index is -0.414. The predicted molar refractivity (Wildman–Crippen MR) is 56.8 cm³/mol. The van der Waals surface area contributed by atoms with Crippen LogP contribution in [0.25, 0.3) is 5.65 Å². The predicted octanol–water partition coefficient (Wildman–Crippen LogP) is -0.0903. The Morgan fingerprint density at radius 2 is 2.38 bits per heavy atom. The summed E-state index contributed by atoms with van der Waals surface area (Å²) in [7, 11) is 0. The number of fused-ring (bicyclic) bond motifs is 1. The van der Waals surface area contributed by atoms with Crippen molar-refractivity contribution in [2.24, 2.45) is 0 Å². The molecule has 2 atom stereocenters. The fourth-order valence-electron chi connectivity index (χ4n) is 2.09. The van der Waals surface area contributed by atoms with Crippen LogP contribution in [0.1, 0.15) is 24.7 Å². The van der Waals surface area contributed by atoms with Crippen molar-refractivity contribution in [2.75, 3.05) is 6.54 Å². The van der Waals surface area contributed by atoms with E-state index in [1.807, 2.05) is 12.1 Å². The number of hydrogen-bond acceptors (Lipinski definition) is 5. The van der Waals surface area contributed by atoms with Crippen molar-refractivity contribution in [3.63, 3.8) is 0 Å². The van der Waals surface area contributed by atoms with E-state index < -0.39 is 6.10 Å². The van der Waals surface area contributed by atoms with Crippen LogP contribution in [0, 0.1) is 0 Å². The summed E-state index contributed by atoms with van der Waals surface area (Å²) in [5.41, 5.74) is 0.706. The summed E-state index contributed by atoms with van der Waals surface area (Å²) in [6, 6.07) is 3.50. The monoisotopic (exact) mass is 219 g/mol. The average Bonchev–Trinajstić information content (AvgIpc) is 2.74. The molecule has 1 saturated heterocycles. The van der Waals surface area contributed by atoms with Gasteiger partial charge in [-0.05, 0) is 31.5 Å². The lowest BCUT2D eigenvalue weighted by molar-refractivity contribution is 0.0918. The van der Waals surface area contributed by atoms with Crippen LogP contribution < -0.4 is 5.32 Å². The summed E-state index contributed by atoms with van der Waals surface area (Å²) in [4.78, 5) is 0. The Kier molecular flexibility index (Phi) is 2.30. The van der Waals surface area contributed by atoms with E-state index in [0.29, 0.717) is 11.5 Å². The van der Waals surface area contributed by atoms with Crippen molar-refractivity contribution < 1.29 is 5.11 Å². The number of rotatable bonds is 1. The average molecular weight is 219 g/mol. The van der Waals surface area contributed by atoms with Gasteiger partial charge in [0.05, 0.1) is 12.1 Å². The lowest BCUT2D eigenvalue weighted by Crippen LogP contribution is -2.38. The molecule has 2 aromatic rings. The van der Waals surface area contributed by atoms with E-state index >= 15 is 0 Å². The second kappa shape index (κ2) is 3.80. The number of nitrogens with one attached hydrogen (secondary N) is 1. The molecule has 3 heterocycles. The third-order valence-electron chi connectivity index (χ3n) is 2.91. The van der Waals surface area contributed by atoms with Crippen LogP contribution >= 0.6 is 0 Å². The first-order valence-corrected chi connectivity index (χ1v) is 5.44. The summed E-state index contributed by atoms with van der Waals surface area (Å²) in [6.07, 6.45) is 3.05. The van der Waals surface area contributed by atoms with Gasteiger partial charge in [-0.3, -0.25) is 0 Å². The fourth-order valence-corrected chi connectivity index (χ4v) is 2.09. The molecule has 6 heteroatoms. The molecule has 16 heavy (non-hydrogen) atoms. The van der Waals surface area contributed by atoms with Crippen LogP contribution in [-0.2, 0) is 0 Å². The van der Waals surface area contributed by atoms with Gasteiger partial charge < -0.3 is 10.4 Å². The highest BCUT2D eigenvalue weighted by Crippen LogP contribution is 2.21. The Bertz CT molecular complexity index is 497. The van der Waals surface area contributed by atoms with Crippen molar-refractivity contribution in [3.8, 4) is 0 Å². The maximum Gasteiger partial charge on any atom is 0.177 e. The smallest absolute Gasteiger partial charge is 0.177 e. The molecule has 0 bridgehead atoms. The first-order chi connectivity index (χ1) is 7.86. The van der Waals surface area contributed by atoms with E-state index in [9.17, 15) is 5.11 Å². The molecule has 3 rings (SSSR count). The molecule has 1 fully saturated rings. The van der Waals surface area contributed by atoms with E-state index in [-0.39, 0.29) is 6.04 Å². The Balaban J connectivity index is 2.04. The molecule has 2 unspecified atom stereocenters. The molecule has 84 valence electrons. The Morgan fingerprint density at radius 1 is 1.44 bits per heavy atom. The van der Waals surface area contributed by atoms with Gasteiger partial charge in [0.15, 0.2) is 11.5 Å². The topological polar surface area (TPSA) is 75.3 Å². The number of nitrogens with zero attached hydrogens (tertiary/aromatic N) is 4. The summed E-state index contributed by atoms with van der Waals surface area (Å²) < 4.78 is 1.67. The Labute approximate surface area is 92.3 Å². The standard InChI is InChI=1S/C10H13N5O/c16-7-3-1-5-11-9(7)10-14-13-8-4-2-6-12-15(8)10/h2,4,6-7,9,11,16H,1,3,5H2. The van der Waals surface area contributed by atoms with Crippen LogP contribution in [0.3, 0.4) is 0 Å². The van der Waals surface area contributed by atoms with E-state index in [1.54, 1.807) is 10.7 Å². The summed E-state index contributed by atoms with van der Waals surface area (Å²) in [5.74, 6) is 0.683. The molecule has 0 spiro atoms. The van der Waals surface area contributed by atoms with Crippen LogP contribution in [0.4, 0.5) is 0 Å². The molecule has 0 aliphatic carbocycles. The van der Waals surface area contributed by atoms with Gasteiger partial charge in [0.1, 0.15) is 0 Å². The zero-order chi connectivity index (χ0) is 11.0. The van der Waals surface area contributed by atoms with Gasteiger partial charge in [-0.25, -0.2) is 0 Å². The van der Waals surface area contributed by atoms with Gasteiger partial charge in [0.2, 0.25) is 0 Å². The highest BCUT2D eigenvalue weighted by molar-refractivity contribution is 5.35. The lowest BCUT2D eigenvalue weighted by atomic mass is 10.0. The van der Waals surface area contributed by atoms with Gasteiger partial charge in [0.25, 0.3) is 0 Å². The molecule has 2 N–H and O–H groups in total. The molecule has 0 saturated carbocycles. The SMILES string of the molecule is OC1CCCNC1c1nnc2cccnn12. The highest BCUT2D eigenvalue weighted by Gasteiger charge is 2.28. The van der Waals surface area contributed by atoms with Crippen LogP contribution in [0.2, 0.25) is 0 Å². The highest BCUT2D eigenvalue weighted by atomic mass is 16.3. The summed E-state index contributed by atoms with van der Waals surface area (Å²) in [6.45, 7) is 0.892. The molecular formula is C10H13N5O. The van der Waals surface area contributed by atoms with Gasteiger partial charge >= 0.3 is 0 Å². The lowest BCUT2D eigenvalue weighted by Gasteiger charge is -2.27. The zero-order valence-corrected chi connectivity index (χ0v) is 8.74. The fraction of sp³-hybridized carbons (Fsp3) is 0.500. The van der Waals surface area contributed by atoms with Crippen molar-refractivity contribution >= 4 is 5.65 Å². The molecule has 0 radical (unpaired) electrons. The van der Waals surface area contributed by atoms with E-state index in [4.69, 9.17) is 0 Å². The van der Waals surface area contributed by atoms with Crippen molar-refractivity contribution in [1.82, 2.24) is 25.1 Å². The van der Waals surface area contributed by atoms with Crippen LogP contribution in [0.5, 0.6) is 0 Å². The van der Waals surface area contributed by atoms with Crippen LogP contribution in [0.15, 0.2) is 18.3 Å².